The normalized spacial score (nSPS) is 19.6. The summed E-state index contributed by atoms with van der Waals surface area (Å²) in [5, 5.41) is 13.7. The van der Waals surface area contributed by atoms with Crippen LogP contribution in [-0.4, -0.2) is 27.1 Å². The number of benzene rings is 1. The highest BCUT2D eigenvalue weighted by molar-refractivity contribution is 5.71. The maximum Gasteiger partial charge on any atom is 0.306 e. The number of aliphatic carboxylic acids is 1. The van der Waals surface area contributed by atoms with Crippen LogP contribution in [0.1, 0.15) is 24.8 Å². The maximum atomic E-state index is 11.1. The van der Waals surface area contributed by atoms with Crippen LogP contribution in [0.2, 0.25) is 0 Å². The van der Waals surface area contributed by atoms with Crippen molar-refractivity contribution in [3.8, 4) is 0 Å². The van der Waals surface area contributed by atoms with Crippen LogP contribution in [0.5, 0.6) is 0 Å². The molecule has 8 nitrogen and oxygen atoms in total. The van der Waals surface area contributed by atoms with Crippen LogP contribution in [0.3, 0.4) is 0 Å². The van der Waals surface area contributed by atoms with Crippen molar-refractivity contribution in [3.63, 3.8) is 0 Å². The molecule has 132 valence electrons. The van der Waals surface area contributed by atoms with Gasteiger partial charge >= 0.3 is 5.97 Å². The molecule has 3 rings (SSSR count). The maximum absolute atomic E-state index is 11.1. The van der Waals surface area contributed by atoms with Gasteiger partial charge in [-0.3, -0.25) is 9.80 Å². The van der Waals surface area contributed by atoms with Crippen molar-refractivity contribution in [1.29, 1.82) is 0 Å². The fraction of sp³-hybridized carbons (Fsp3) is 0.353. The van der Waals surface area contributed by atoms with Crippen LogP contribution in [0, 0.1) is 12.8 Å². The van der Waals surface area contributed by atoms with Crippen LogP contribution in [-0.2, 0) is 4.79 Å². The Morgan fingerprint density at radius 3 is 2.68 bits per heavy atom. The van der Waals surface area contributed by atoms with E-state index in [9.17, 15) is 4.79 Å². The Morgan fingerprint density at radius 2 is 2.04 bits per heavy atom. The number of hydrogen-bond acceptors (Lipinski definition) is 7. The van der Waals surface area contributed by atoms with Gasteiger partial charge in [0.2, 0.25) is 5.95 Å². The van der Waals surface area contributed by atoms with Crippen LogP contribution < -0.4 is 21.9 Å². The molecule has 0 spiro atoms. The number of carboxylic acid groups (broad SMARTS) is 1. The average molecular weight is 342 g/mol. The van der Waals surface area contributed by atoms with Crippen LogP contribution in [0.25, 0.3) is 0 Å². The number of nitrogen functional groups attached to an aromatic ring is 1. The van der Waals surface area contributed by atoms with Gasteiger partial charge in [-0.25, -0.2) is 10.8 Å². The molecule has 2 atom stereocenters. The van der Waals surface area contributed by atoms with Gasteiger partial charge in [-0.2, -0.15) is 4.98 Å². The summed E-state index contributed by atoms with van der Waals surface area (Å²) in [4.78, 5) is 19.7. The number of aryl methyl sites for hydroxylation is 1. The first-order valence-corrected chi connectivity index (χ1v) is 8.17. The molecule has 0 amide bonds. The minimum absolute atomic E-state index is 0.0307. The molecule has 0 radical (unpaired) electrons. The number of hydrazine groups is 1. The zero-order chi connectivity index (χ0) is 18.0. The van der Waals surface area contributed by atoms with Gasteiger partial charge < -0.3 is 16.2 Å². The summed E-state index contributed by atoms with van der Waals surface area (Å²) in [6.45, 7) is 2.00. The van der Waals surface area contributed by atoms with Gasteiger partial charge in [0.05, 0.1) is 23.5 Å². The van der Waals surface area contributed by atoms with E-state index in [2.05, 4.69) is 15.3 Å². The van der Waals surface area contributed by atoms with Crippen molar-refractivity contribution in [2.75, 3.05) is 16.1 Å². The predicted molar refractivity (Wildman–Crippen MR) is 96.3 cm³/mol. The van der Waals surface area contributed by atoms with Gasteiger partial charge in [0.1, 0.15) is 0 Å². The minimum atomic E-state index is -0.754. The number of rotatable bonds is 5. The van der Waals surface area contributed by atoms with Gasteiger partial charge in [0, 0.05) is 6.04 Å². The van der Waals surface area contributed by atoms with E-state index >= 15 is 0 Å². The van der Waals surface area contributed by atoms with Crippen molar-refractivity contribution in [3.05, 3.63) is 36.0 Å². The molecule has 1 aromatic heterocycles. The number of hydrogen-bond donors (Lipinski definition) is 4. The molecule has 0 aliphatic heterocycles. The van der Waals surface area contributed by atoms with E-state index < -0.39 is 5.97 Å². The number of carboxylic acids is 1. The Hall–Kier alpha value is -2.87. The Balaban J connectivity index is 1.76. The number of carbonyl (C=O) groups is 1. The molecule has 2 aromatic rings. The molecule has 0 bridgehead atoms. The quantitative estimate of drug-likeness (QED) is 0.480. The van der Waals surface area contributed by atoms with Crippen molar-refractivity contribution in [2.24, 2.45) is 11.8 Å². The van der Waals surface area contributed by atoms with E-state index in [1.807, 2.05) is 31.2 Å². The van der Waals surface area contributed by atoms with Crippen LogP contribution in [0.4, 0.5) is 23.1 Å². The smallest absolute Gasteiger partial charge is 0.306 e. The molecule has 6 N–H and O–H groups in total. The van der Waals surface area contributed by atoms with Gasteiger partial charge in [-0.05, 0) is 38.3 Å². The van der Waals surface area contributed by atoms with E-state index in [4.69, 9.17) is 16.7 Å². The number of anilines is 4. The first-order valence-electron chi connectivity index (χ1n) is 8.17. The first kappa shape index (κ1) is 17.0. The summed E-state index contributed by atoms with van der Waals surface area (Å²) in [6, 6.07) is 7.71. The third kappa shape index (κ3) is 3.80. The lowest BCUT2D eigenvalue weighted by Crippen LogP contribution is -2.28. The molecule has 8 heteroatoms. The first-order chi connectivity index (χ1) is 11.9. The molecule has 1 aliphatic rings. The summed E-state index contributed by atoms with van der Waals surface area (Å²) in [5.41, 5.74) is 8.23. The topological polar surface area (TPSA) is 130 Å². The molecule has 1 saturated carbocycles. The zero-order valence-corrected chi connectivity index (χ0v) is 14.0. The second kappa shape index (κ2) is 6.94. The molecule has 0 saturated heterocycles. The van der Waals surface area contributed by atoms with Gasteiger partial charge in [0.25, 0.3) is 0 Å². The molecular formula is C17H22N6O2. The highest BCUT2D eigenvalue weighted by Crippen LogP contribution is 2.29. The second-order valence-electron chi connectivity index (χ2n) is 6.37. The summed E-state index contributed by atoms with van der Waals surface area (Å²) < 4.78 is 0. The molecule has 1 fully saturated rings. The van der Waals surface area contributed by atoms with Crippen molar-refractivity contribution >= 4 is 29.1 Å². The Labute approximate surface area is 145 Å². The highest BCUT2D eigenvalue weighted by Gasteiger charge is 2.30. The fourth-order valence-electron chi connectivity index (χ4n) is 2.99. The van der Waals surface area contributed by atoms with E-state index in [0.29, 0.717) is 30.3 Å². The molecule has 25 heavy (non-hydrogen) atoms. The highest BCUT2D eigenvalue weighted by atomic mass is 16.4. The van der Waals surface area contributed by atoms with E-state index in [1.54, 1.807) is 0 Å². The monoisotopic (exact) mass is 342 g/mol. The summed E-state index contributed by atoms with van der Waals surface area (Å²) in [6.07, 6.45) is 3.48. The lowest BCUT2D eigenvalue weighted by molar-refractivity contribution is -0.141. The van der Waals surface area contributed by atoms with Crippen LogP contribution >= 0.6 is 0 Å². The lowest BCUT2D eigenvalue weighted by atomic mass is 10.1. The summed E-state index contributed by atoms with van der Waals surface area (Å²) in [7, 11) is 0. The summed E-state index contributed by atoms with van der Waals surface area (Å²) >= 11 is 0. The van der Waals surface area contributed by atoms with Gasteiger partial charge in [-0.15, -0.1) is 0 Å². The number of nitrogens with zero attached hydrogens (tertiary/aromatic N) is 3. The molecule has 1 aliphatic carbocycles. The SMILES string of the molecule is Cc1ccc(N(N)c2nc(NC3CCC(C(=O)O)C3)ncc2N)cc1. The summed E-state index contributed by atoms with van der Waals surface area (Å²) in [5.74, 6) is 5.88. The third-order valence-electron chi connectivity index (χ3n) is 4.45. The third-order valence-corrected chi connectivity index (χ3v) is 4.45. The van der Waals surface area contributed by atoms with Gasteiger partial charge in [-0.1, -0.05) is 17.7 Å². The largest absolute Gasteiger partial charge is 0.481 e. The fourth-order valence-corrected chi connectivity index (χ4v) is 2.99. The van der Waals surface area contributed by atoms with Crippen molar-refractivity contribution in [2.45, 2.75) is 32.2 Å². The number of nitrogens with two attached hydrogens (primary N) is 2. The van der Waals surface area contributed by atoms with E-state index in [-0.39, 0.29) is 12.0 Å². The number of aromatic nitrogens is 2. The Morgan fingerprint density at radius 1 is 1.32 bits per heavy atom. The molecular weight excluding hydrogens is 320 g/mol. The predicted octanol–water partition coefficient (Wildman–Crippen LogP) is 2.04. The van der Waals surface area contributed by atoms with Gasteiger partial charge in [0.15, 0.2) is 5.82 Å². The van der Waals surface area contributed by atoms with E-state index in [1.165, 1.54) is 11.2 Å². The molecule has 1 heterocycles. The Bertz CT molecular complexity index is 764. The van der Waals surface area contributed by atoms with Crippen LogP contribution in [0.15, 0.2) is 30.5 Å². The second-order valence-corrected chi connectivity index (χ2v) is 6.37. The lowest BCUT2D eigenvalue weighted by Gasteiger charge is -2.20. The average Bonchev–Trinajstić information content (AvgIpc) is 3.05. The zero-order valence-electron chi connectivity index (χ0n) is 14.0. The van der Waals surface area contributed by atoms with Crippen molar-refractivity contribution < 1.29 is 9.90 Å². The van der Waals surface area contributed by atoms with Crippen molar-refractivity contribution in [1.82, 2.24) is 9.97 Å². The standard InChI is InChI=1S/C17H22N6O2/c1-10-2-6-13(7-3-10)23(19)15-14(18)9-20-17(22-15)21-12-5-4-11(8-12)16(24)25/h2-3,6-7,9,11-12H,4-5,8,18-19H2,1H3,(H,24,25)(H,20,21,22). The molecule has 2 unspecified atom stereocenters. The van der Waals surface area contributed by atoms with E-state index in [0.717, 1.165) is 17.7 Å². The molecule has 1 aromatic carbocycles. The number of nitrogens with one attached hydrogen (secondary N) is 1. The Kier molecular flexibility index (Phi) is 4.71. The minimum Gasteiger partial charge on any atom is -0.481 e.